The maximum Gasteiger partial charge on any atom is 0.237 e. The third kappa shape index (κ3) is 4.26. The molecule has 0 saturated carbocycles. The van der Waals surface area contributed by atoms with Crippen molar-refractivity contribution in [2.24, 2.45) is 7.05 Å². The minimum atomic E-state index is -0.0217. The summed E-state index contributed by atoms with van der Waals surface area (Å²) in [4.78, 5) is 18.1. The van der Waals surface area contributed by atoms with Crippen molar-refractivity contribution >= 4 is 36.7 Å². The van der Waals surface area contributed by atoms with Crippen molar-refractivity contribution in [3.8, 4) is 0 Å². The minimum Gasteiger partial charge on any atom is -0.349 e. The lowest BCUT2D eigenvalue weighted by Crippen LogP contribution is -2.40. The molecule has 0 spiro atoms. The van der Waals surface area contributed by atoms with Crippen LogP contribution < -0.4 is 15.5 Å². The fraction of sp³-hybridized carbons (Fsp3) is 0.667. The Morgan fingerprint density at radius 1 is 1.55 bits per heavy atom. The molecule has 1 aromatic rings. The molecule has 1 aliphatic rings. The van der Waals surface area contributed by atoms with Gasteiger partial charge in [-0.1, -0.05) is 0 Å². The van der Waals surface area contributed by atoms with Gasteiger partial charge in [0.05, 0.1) is 24.5 Å². The van der Waals surface area contributed by atoms with Gasteiger partial charge in [0.2, 0.25) is 11.9 Å². The molecule has 116 valence electrons. The van der Waals surface area contributed by atoms with E-state index >= 15 is 0 Å². The topological polar surface area (TPSA) is 62.2 Å². The van der Waals surface area contributed by atoms with E-state index in [1.807, 2.05) is 30.6 Å². The predicted molar refractivity (Wildman–Crippen MR) is 84.9 cm³/mol. The summed E-state index contributed by atoms with van der Waals surface area (Å²) in [5.74, 6) is 0.971. The Morgan fingerprint density at radius 2 is 2.25 bits per heavy atom. The lowest BCUT2D eigenvalue weighted by atomic mass is 10.2. The highest BCUT2D eigenvalue weighted by Crippen LogP contribution is 2.11. The van der Waals surface area contributed by atoms with Crippen LogP contribution in [0.15, 0.2) is 6.20 Å². The monoisotopic (exact) mass is 323 g/mol. The summed E-state index contributed by atoms with van der Waals surface area (Å²) in [6.07, 6.45) is 3.81. The van der Waals surface area contributed by atoms with Crippen LogP contribution in [-0.4, -0.2) is 42.1 Å². The van der Waals surface area contributed by atoms with E-state index < -0.39 is 0 Å². The number of carbonyl (C=O) groups is 1. The van der Waals surface area contributed by atoms with E-state index in [1.54, 1.807) is 6.20 Å². The Kier molecular flexibility index (Phi) is 7.93. The molecule has 1 fully saturated rings. The summed E-state index contributed by atoms with van der Waals surface area (Å²) < 4.78 is 1.99. The zero-order valence-corrected chi connectivity index (χ0v) is 13.7. The number of carbonyl (C=O) groups excluding carboxylic acids is 1. The molecule has 0 bridgehead atoms. The van der Waals surface area contributed by atoms with E-state index in [0.29, 0.717) is 6.54 Å². The van der Waals surface area contributed by atoms with Gasteiger partial charge >= 0.3 is 0 Å². The minimum absolute atomic E-state index is 0. The molecular formula is C12H23Cl2N5O. The SMILES string of the molecule is CN(C)c1ncc(CNC(=O)C2CCCN2)n1C.Cl.Cl. The molecular weight excluding hydrogens is 301 g/mol. The van der Waals surface area contributed by atoms with Crippen molar-refractivity contribution in [3.05, 3.63) is 11.9 Å². The van der Waals surface area contributed by atoms with Crippen molar-refractivity contribution in [2.75, 3.05) is 25.5 Å². The highest BCUT2D eigenvalue weighted by Gasteiger charge is 2.21. The molecule has 8 heteroatoms. The van der Waals surface area contributed by atoms with E-state index in [2.05, 4.69) is 15.6 Å². The molecule has 1 aliphatic heterocycles. The third-order valence-electron chi connectivity index (χ3n) is 3.28. The number of hydrogen-bond donors (Lipinski definition) is 2. The van der Waals surface area contributed by atoms with Crippen molar-refractivity contribution in [2.45, 2.75) is 25.4 Å². The van der Waals surface area contributed by atoms with Gasteiger partial charge in [-0.25, -0.2) is 4.98 Å². The van der Waals surface area contributed by atoms with Crippen LogP contribution in [0.25, 0.3) is 0 Å². The number of hydrogen-bond acceptors (Lipinski definition) is 4. The average molecular weight is 324 g/mol. The van der Waals surface area contributed by atoms with E-state index in [9.17, 15) is 4.79 Å². The van der Waals surface area contributed by atoms with Gasteiger partial charge in [-0.15, -0.1) is 24.8 Å². The second-order valence-electron chi connectivity index (χ2n) is 4.87. The zero-order valence-electron chi connectivity index (χ0n) is 12.0. The molecule has 1 aromatic heterocycles. The van der Waals surface area contributed by atoms with Gasteiger partial charge in [-0.3, -0.25) is 4.79 Å². The van der Waals surface area contributed by atoms with Gasteiger partial charge in [-0.05, 0) is 19.4 Å². The van der Waals surface area contributed by atoms with Crippen LogP contribution in [0.5, 0.6) is 0 Å². The predicted octanol–water partition coefficient (Wildman–Crippen LogP) is 0.698. The zero-order chi connectivity index (χ0) is 13.1. The summed E-state index contributed by atoms with van der Waals surface area (Å²) in [6.45, 7) is 1.46. The Morgan fingerprint density at radius 3 is 2.75 bits per heavy atom. The van der Waals surface area contributed by atoms with Crippen LogP contribution >= 0.6 is 24.8 Å². The van der Waals surface area contributed by atoms with Gasteiger partial charge in [0.25, 0.3) is 0 Å². The first kappa shape index (κ1) is 19.0. The molecule has 1 saturated heterocycles. The summed E-state index contributed by atoms with van der Waals surface area (Å²) in [5.41, 5.74) is 1.00. The van der Waals surface area contributed by atoms with Crippen LogP contribution in [0.2, 0.25) is 0 Å². The van der Waals surface area contributed by atoms with Crippen LogP contribution in [0.3, 0.4) is 0 Å². The largest absolute Gasteiger partial charge is 0.349 e. The van der Waals surface area contributed by atoms with Crippen molar-refractivity contribution in [1.82, 2.24) is 20.2 Å². The normalized spacial score (nSPS) is 17.1. The molecule has 0 aliphatic carbocycles. The number of amides is 1. The average Bonchev–Trinajstić information content (AvgIpc) is 2.95. The number of aromatic nitrogens is 2. The first-order valence-corrected chi connectivity index (χ1v) is 6.28. The lowest BCUT2D eigenvalue weighted by Gasteiger charge is -2.14. The summed E-state index contributed by atoms with van der Waals surface area (Å²) in [7, 11) is 5.86. The third-order valence-corrected chi connectivity index (χ3v) is 3.28. The van der Waals surface area contributed by atoms with Gasteiger partial charge in [0.1, 0.15) is 0 Å². The number of rotatable bonds is 4. The molecule has 2 N–H and O–H groups in total. The van der Waals surface area contributed by atoms with E-state index in [1.165, 1.54) is 0 Å². The molecule has 1 amide bonds. The number of anilines is 1. The first-order valence-electron chi connectivity index (χ1n) is 6.28. The summed E-state index contributed by atoms with van der Waals surface area (Å²) >= 11 is 0. The second-order valence-corrected chi connectivity index (χ2v) is 4.87. The van der Waals surface area contributed by atoms with Crippen molar-refractivity contribution in [3.63, 3.8) is 0 Å². The Hall–Kier alpha value is -0.980. The van der Waals surface area contributed by atoms with Gasteiger partial charge in [0.15, 0.2) is 0 Å². The molecule has 6 nitrogen and oxygen atoms in total. The molecule has 1 unspecified atom stereocenters. The fourth-order valence-corrected chi connectivity index (χ4v) is 2.22. The van der Waals surface area contributed by atoms with Gasteiger partial charge in [-0.2, -0.15) is 0 Å². The van der Waals surface area contributed by atoms with Crippen molar-refractivity contribution in [1.29, 1.82) is 0 Å². The molecule has 0 aromatic carbocycles. The van der Waals surface area contributed by atoms with Crippen LogP contribution in [-0.2, 0) is 18.4 Å². The lowest BCUT2D eigenvalue weighted by molar-refractivity contribution is -0.122. The summed E-state index contributed by atoms with van der Waals surface area (Å²) in [5, 5.41) is 6.14. The van der Waals surface area contributed by atoms with E-state index in [-0.39, 0.29) is 36.8 Å². The van der Waals surface area contributed by atoms with Gasteiger partial charge < -0.3 is 20.1 Å². The maximum absolute atomic E-state index is 11.9. The quantitative estimate of drug-likeness (QED) is 0.856. The number of halogens is 2. The molecule has 0 radical (unpaired) electrons. The maximum atomic E-state index is 11.9. The van der Waals surface area contributed by atoms with Gasteiger partial charge in [0, 0.05) is 21.1 Å². The summed E-state index contributed by atoms with van der Waals surface area (Å²) in [6, 6.07) is -0.0217. The number of imidazole rings is 1. The number of nitrogens with one attached hydrogen (secondary N) is 2. The Bertz CT molecular complexity index is 429. The molecule has 2 rings (SSSR count). The highest BCUT2D eigenvalue weighted by atomic mass is 35.5. The Balaban J connectivity index is 0.00000180. The fourth-order valence-electron chi connectivity index (χ4n) is 2.22. The van der Waals surface area contributed by atoms with E-state index in [0.717, 1.165) is 31.0 Å². The molecule has 20 heavy (non-hydrogen) atoms. The van der Waals surface area contributed by atoms with Crippen LogP contribution in [0.4, 0.5) is 5.95 Å². The second kappa shape index (κ2) is 8.34. The first-order chi connectivity index (χ1) is 8.59. The standard InChI is InChI=1S/C12H21N5O.2ClH/c1-16(2)12-15-8-9(17(12)3)7-14-11(18)10-5-4-6-13-10;;/h8,10,13H,4-7H2,1-3H3,(H,14,18);2*1H. The highest BCUT2D eigenvalue weighted by molar-refractivity contribution is 5.85. The van der Waals surface area contributed by atoms with Crippen LogP contribution in [0.1, 0.15) is 18.5 Å². The Labute approximate surface area is 132 Å². The molecule has 2 heterocycles. The van der Waals surface area contributed by atoms with Crippen LogP contribution in [0, 0.1) is 0 Å². The number of nitrogens with zero attached hydrogens (tertiary/aromatic N) is 3. The molecule has 1 atom stereocenters. The van der Waals surface area contributed by atoms with Crippen molar-refractivity contribution < 1.29 is 4.79 Å². The smallest absolute Gasteiger partial charge is 0.237 e. The van der Waals surface area contributed by atoms with E-state index in [4.69, 9.17) is 0 Å².